The quantitative estimate of drug-likeness (QED) is 0.382. The average Bonchev–Trinajstić information content (AvgIpc) is 3.19. The molecule has 2 aromatic heterocycles. The zero-order valence-corrected chi connectivity index (χ0v) is 14.9. The van der Waals surface area contributed by atoms with E-state index in [9.17, 15) is 14.9 Å². The van der Waals surface area contributed by atoms with Crippen molar-refractivity contribution < 1.29 is 14.5 Å². The van der Waals surface area contributed by atoms with Gasteiger partial charge >= 0.3 is 5.97 Å². The average molecular weight is 359 g/mol. The number of fused-ring (bicyclic) bond motifs is 1. The van der Waals surface area contributed by atoms with Gasteiger partial charge in [-0.3, -0.25) is 10.1 Å². The number of aromatic nitrogens is 2. The maximum Gasteiger partial charge on any atom is 0.349 e. The number of hydrogen-bond donors (Lipinski definition) is 0. The summed E-state index contributed by atoms with van der Waals surface area (Å²) in [5.74, 6) is -0.413. The van der Waals surface area contributed by atoms with Crippen LogP contribution in [0.1, 0.15) is 36.5 Å². The number of benzene rings is 1. The summed E-state index contributed by atoms with van der Waals surface area (Å²) in [6, 6.07) is 5.57. The van der Waals surface area contributed by atoms with Gasteiger partial charge in [-0.05, 0) is 39.0 Å². The molecule has 0 fully saturated rings. The number of esters is 1. The Balaban J connectivity index is 2.08. The van der Waals surface area contributed by atoms with E-state index >= 15 is 0 Å². The SMILES string of the molecule is CCOC(=O)c1cnc(-c2ccc3c(c2)c([N+](=O)[O-])cn3C(C)C)s1. The van der Waals surface area contributed by atoms with Gasteiger partial charge in [-0.25, -0.2) is 9.78 Å². The summed E-state index contributed by atoms with van der Waals surface area (Å²) in [4.78, 5) is 27.4. The molecule has 2 heterocycles. The Labute approximate surface area is 148 Å². The molecular formula is C17H17N3O4S. The Bertz CT molecular complexity index is 958. The molecule has 0 N–H and O–H groups in total. The molecule has 0 radical (unpaired) electrons. The topological polar surface area (TPSA) is 87.3 Å². The third kappa shape index (κ3) is 3.12. The van der Waals surface area contributed by atoms with E-state index in [1.165, 1.54) is 17.5 Å². The van der Waals surface area contributed by atoms with Crippen molar-refractivity contribution in [2.24, 2.45) is 0 Å². The number of hydrogen-bond acceptors (Lipinski definition) is 6. The summed E-state index contributed by atoms with van der Waals surface area (Å²) >= 11 is 1.21. The van der Waals surface area contributed by atoms with E-state index in [-0.39, 0.29) is 16.7 Å². The van der Waals surface area contributed by atoms with Crippen molar-refractivity contribution in [3.63, 3.8) is 0 Å². The number of carbonyl (C=O) groups excluding carboxylic acids is 1. The summed E-state index contributed by atoms with van der Waals surface area (Å²) in [5, 5.41) is 12.6. The van der Waals surface area contributed by atoms with E-state index in [1.807, 2.05) is 30.5 Å². The second kappa shape index (κ2) is 6.64. The van der Waals surface area contributed by atoms with Crippen molar-refractivity contribution in [2.75, 3.05) is 6.61 Å². The van der Waals surface area contributed by atoms with Gasteiger partial charge in [0, 0.05) is 11.6 Å². The molecule has 0 atom stereocenters. The van der Waals surface area contributed by atoms with E-state index in [4.69, 9.17) is 4.74 Å². The minimum absolute atomic E-state index is 0.0627. The number of carbonyl (C=O) groups is 1. The first-order chi connectivity index (χ1) is 11.9. The standard InChI is InChI=1S/C17H17N3O4S/c1-4-24-17(21)15-8-18-16(25-15)11-5-6-13-12(7-11)14(20(22)23)9-19(13)10(2)3/h5-10H,4H2,1-3H3. The fourth-order valence-corrected chi connectivity index (χ4v) is 3.45. The predicted molar refractivity (Wildman–Crippen MR) is 96.0 cm³/mol. The van der Waals surface area contributed by atoms with Crippen LogP contribution in [-0.2, 0) is 4.74 Å². The summed E-state index contributed by atoms with van der Waals surface area (Å²) in [5.41, 5.74) is 1.60. The minimum Gasteiger partial charge on any atom is -0.462 e. The molecule has 3 rings (SSSR count). The molecule has 130 valence electrons. The first kappa shape index (κ1) is 17.1. The van der Waals surface area contributed by atoms with Crippen LogP contribution >= 0.6 is 11.3 Å². The fraction of sp³-hybridized carbons (Fsp3) is 0.294. The van der Waals surface area contributed by atoms with Gasteiger partial charge in [-0.15, -0.1) is 11.3 Å². The second-order valence-electron chi connectivity index (χ2n) is 5.75. The van der Waals surface area contributed by atoms with Crippen LogP contribution in [0.4, 0.5) is 5.69 Å². The van der Waals surface area contributed by atoms with Crippen LogP contribution in [0.25, 0.3) is 21.5 Å². The number of nitro groups is 1. The van der Waals surface area contributed by atoms with Crippen LogP contribution in [0.2, 0.25) is 0 Å². The highest BCUT2D eigenvalue weighted by Crippen LogP contribution is 2.35. The third-order valence-corrected chi connectivity index (χ3v) is 4.82. The van der Waals surface area contributed by atoms with E-state index in [0.29, 0.717) is 21.9 Å². The molecule has 0 unspecified atom stereocenters. The molecule has 0 bridgehead atoms. The lowest BCUT2D eigenvalue weighted by Gasteiger charge is -2.08. The first-order valence-corrected chi connectivity index (χ1v) is 8.66. The highest BCUT2D eigenvalue weighted by atomic mass is 32.1. The van der Waals surface area contributed by atoms with E-state index in [2.05, 4.69) is 4.98 Å². The molecule has 0 aliphatic heterocycles. The lowest BCUT2D eigenvalue weighted by Crippen LogP contribution is -2.01. The summed E-state index contributed by atoms with van der Waals surface area (Å²) in [6.45, 7) is 5.99. The molecule has 0 saturated heterocycles. The van der Waals surface area contributed by atoms with Crippen molar-refractivity contribution in [1.82, 2.24) is 9.55 Å². The maximum atomic E-state index is 11.8. The fourth-order valence-electron chi connectivity index (χ4n) is 2.65. The van der Waals surface area contributed by atoms with Gasteiger partial charge in [-0.2, -0.15) is 0 Å². The van der Waals surface area contributed by atoms with Gasteiger partial charge < -0.3 is 9.30 Å². The Morgan fingerprint density at radius 3 is 2.84 bits per heavy atom. The summed E-state index contributed by atoms with van der Waals surface area (Å²) < 4.78 is 6.84. The van der Waals surface area contributed by atoms with Crippen LogP contribution in [0, 0.1) is 10.1 Å². The molecule has 25 heavy (non-hydrogen) atoms. The van der Waals surface area contributed by atoms with Gasteiger partial charge in [0.1, 0.15) is 9.88 Å². The highest BCUT2D eigenvalue weighted by Gasteiger charge is 2.20. The molecule has 0 aliphatic rings. The Hall–Kier alpha value is -2.74. The van der Waals surface area contributed by atoms with E-state index in [0.717, 1.165) is 11.1 Å². The van der Waals surface area contributed by atoms with Crippen LogP contribution in [-0.4, -0.2) is 27.1 Å². The van der Waals surface area contributed by atoms with Gasteiger partial charge in [0.05, 0.1) is 34.8 Å². The van der Waals surface area contributed by atoms with Crippen molar-refractivity contribution in [3.8, 4) is 10.6 Å². The zero-order chi connectivity index (χ0) is 18.1. The zero-order valence-electron chi connectivity index (χ0n) is 14.1. The number of thiazole rings is 1. The Kier molecular flexibility index (Phi) is 4.54. The van der Waals surface area contributed by atoms with Crippen LogP contribution in [0.5, 0.6) is 0 Å². The van der Waals surface area contributed by atoms with Crippen LogP contribution in [0.15, 0.2) is 30.6 Å². The molecule has 0 amide bonds. The number of rotatable bonds is 5. The number of nitrogens with zero attached hydrogens (tertiary/aromatic N) is 3. The van der Waals surface area contributed by atoms with Crippen LogP contribution in [0.3, 0.4) is 0 Å². The van der Waals surface area contributed by atoms with Gasteiger partial charge in [-0.1, -0.05) is 0 Å². The largest absolute Gasteiger partial charge is 0.462 e. The summed E-state index contributed by atoms with van der Waals surface area (Å²) in [7, 11) is 0. The third-order valence-electron chi connectivity index (χ3n) is 3.79. The minimum atomic E-state index is -0.413. The van der Waals surface area contributed by atoms with Crippen molar-refractivity contribution in [1.29, 1.82) is 0 Å². The first-order valence-electron chi connectivity index (χ1n) is 7.84. The monoisotopic (exact) mass is 359 g/mol. The molecular weight excluding hydrogens is 342 g/mol. The van der Waals surface area contributed by atoms with Crippen LogP contribution < -0.4 is 0 Å². The van der Waals surface area contributed by atoms with Gasteiger partial charge in [0.25, 0.3) is 5.69 Å². The lowest BCUT2D eigenvalue weighted by atomic mass is 10.1. The molecule has 7 nitrogen and oxygen atoms in total. The maximum absolute atomic E-state index is 11.8. The molecule has 3 aromatic rings. The van der Waals surface area contributed by atoms with Crippen molar-refractivity contribution in [3.05, 3.63) is 45.6 Å². The smallest absolute Gasteiger partial charge is 0.349 e. The molecule has 1 aromatic carbocycles. The van der Waals surface area contributed by atoms with Gasteiger partial charge in [0.2, 0.25) is 0 Å². The second-order valence-corrected chi connectivity index (χ2v) is 6.79. The van der Waals surface area contributed by atoms with E-state index < -0.39 is 5.97 Å². The summed E-state index contributed by atoms with van der Waals surface area (Å²) in [6.07, 6.45) is 3.03. The van der Waals surface area contributed by atoms with Crippen molar-refractivity contribution >= 4 is 33.9 Å². The van der Waals surface area contributed by atoms with E-state index in [1.54, 1.807) is 19.2 Å². The molecule has 0 spiro atoms. The molecule has 0 saturated carbocycles. The highest BCUT2D eigenvalue weighted by molar-refractivity contribution is 7.16. The molecule has 0 aliphatic carbocycles. The molecule has 8 heteroatoms. The Morgan fingerprint density at radius 2 is 2.20 bits per heavy atom. The normalized spacial score (nSPS) is 11.2. The number of ether oxygens (including phenoxy) is 1. The van der Waals surface area contributed by atoms with Crippen molar-refractivity contribution in [2.45, 2.75) is 26.8 Å². The predicted octanol–water partition coefficient (Wildman–Crippen LogP) is 4.43. The lowest BCUT2D eigenvalue weighted by molar-refractivity contribution is -0.383. The van der Waals surface area contributed by atoms with Gasteiger partial charge in [0.15, 0.2) is 0 Å². The Morgan fingerprint density at radius 1 is 1.44 bits per heavy atom.